The van der Waals surface area contributed by atoms with Crippen LogP contribution in [0.15, 0.2) is 12.2 Å². The average Bonchev–Trinajstić information content (AvgIpc) is 2.17. The first-order chi connectivity index (χ1) is 9.08. The fourth-order valence-corrected chi connectivity index (χ4v) is 1.33. The normalized spacial score (nSPS) is 14.0. The van der Waals surface area contributed by atoms with Crippen LogP contribution in [-0.2, 0) is 9.53 Å². The van der Waals surface area contributed by atoms with Gasteiger partial charge in [0.1, 0.15) is 0 Å². The molecule has 0 aliphatic heterocycles. The second kappa shape index (κ2) is 5.76. The highest BCUT2D eigenvalue weighted by molar-refractivity contribution is 5.86. The highest BCUT2D eigenvalue weighted by atomic mass is 19.4. The molecule has 0 aromatic rings. The van der Waals surface area contributed by atoms with Gasteiger partial charge >= 0.3 is 24.5 Å². The Hall–Kier alpha value is -1.42. The lowest BCUT2D eigenvalue weighted by atomic mass is 9.82. The molecule has 0 spiro atoms. The van der Waals surface area contributed by atoms with E-state index in [0.717, 1.165) is 6.92 Å². The van der Waals surface area contributed by atoms with Crippen molar-refractivity contribution in [3.8, 4) is 0 Å². The first kappa shape index (κ1) is 19.6. The molecule has 124 valence electrons. The topological polar surface area (TPSA) is 26.3 Å². The van der Waals surface area contributed by atoms with Crippen LogP contribution in [0.1, 0.15) is 13.3 Å². The lowest BCUT2D eigenvalue weighted by Crippen LogP contribution is -2.60. The Balaban J connectivity index is 5.54. The summed E-state index contributed by atoms with van der Waals surface area (Å²) in [6.07, 6.45) is -22.5. The van der Waals surface area contributed by atoms with Crippen molar-refractivity contribution in [2.75, 3.05) is 6.61 Å². The van der Waals surface area contributed by atoms with E-state index < -0.39 is 42.9 Å². The van der Waals surface area contributed by atoms with Gasteiger partial charge in [0.05, 0.1) is 6.61 Å². The Morgan fingerprint density at radius 3 is 1.48 bits per heavy atom. The molecule has 0 radical (unpaired) electrons. The smallest absolute Gasteiger partial charge is 0.412 e. The quantitative estimate of drug-likeness (QED) is 0.439. The van der Waals surface area contributed by atoms with Crippen molar-refractivity contribution >= 4 is 5.97 Å². The van der Waals surface area contributed by atoms with E-state index in [9.17, 15) is 44.3 Å². The molecule has 0 aromatic carbocycles. The molecule has 2 nitrogen and oxygen atoms in total. The summed E-state index contributed by atoms with van der Waals surface area (Å²) in [5.74, 6) is -1.39. The Morgan fingerprint density at radius 1 is 0.905 bits per heavy atom. The zero-order valence-electron chi connectivity index (χ0n) is 10.3. The first-order valence-corrected chi connectivity index (χ1v) is 5.10. The predicted octanol–water partition coefficient (Wildman–Crippen LogP) is 4.17. The highest BCUT2D eigenvalue weighted by Gasteiger charge is 2.83. The van der Waals surface area contributed by atoms with Gasteiger partial charge in [-0.15, -0.1) is 0 Å². The Kier molecular flexibility index (Phi) is 5.37. The van der Waals surface area contributed by atoms with E-state index in [1.54, 1.807) is 0 Å². The largest absolute Gasteiger partial charge is 0.462 e. The summed E-state index contributed by atoms with van der Waals surface area (Å²) in [5.41, 5.74) is -6.35. The molecular weight excluding hydrogens is 323 g/mol. The number of ether oxygens (including phenoxy) is 1. The van der Waals surface area contributed by atoms with Gasteiger partial charge in [0.15, 0.2) is 0 Å². The third-order valence-corrected chi connectivity index (χ3v) is 2.51. The summed E-state index contributed by atoms with van der Waals surface area (Å²) in [7, 11) is 0. The van der Waals surface area contributed by atoms with Gasteiger partial charge in [-0.25, -0.2) is 4.79 Å². The molecule has 11 heteroatoms. The van der Waals surface area contributed by atoms with Crippen LogP contribution in [0.2, 0.25) is 0 Å². The molecule has 0 atom stereocenters. The van der Waals surface area contributed by atoms with Crippen molar-refractivity contribution in [2.45, 2.75) is 31.9 Å². The second-order valence-electron chi connectivity index (χ2n) is 4.06. The van der Waals surface area contributed by atoms with E-state index >= 15 is 0 Å². The van der Waals surface area contributed by atoms with Gasteiger partial charge in [-0.1, -0.05) is 6.58 Å². The molecule has 0 N–H and O–H groups in total. The molecule has 0 unspecified atom stereocenters. The van der Waals surface area contributed by atoms with Gasteiger partial charge in [0.2, 0.25) is 0 Å². The van der Waals surface area contributed by atoms with Crippen LogP contribution in [0.25, 0.3) is 0 Å². The van der Waals surface area contributed by atoms with Crippen LogP contribution in [0, 0.1) is 5.41 Å². The summed E-state index contributed by atoms with van der Waals surface area (Å²) in [6, 6.07) is 0. The fraction of sp³-hybridized carbons (Fsp3) is 0.700. The van der Waals surface area contributed by atoms with Crippen molar-refractivity contribution in [3.05, 3.63) is 12.2 Å². The first-order valence-electron chi connectivity index (χ1n) is 5.10. The molecular formula is C10H9F9O2. The van der Waals surface area contributed by atoms with Crippen LogP contribution in [0.4, 0.5) is 39.5 Å². The third-order valence-electron chi connectivity index (χ3n) is 2.51. The van der Waals surface area contributed by atoms with E-state index in [1.807, 2.05) is 0 Å². The third kappa shape index (κ3) is 3.82. The number of hydrogen-bond acceptors (Lipinski definition) is 2. The summed E-state index contributed by atoms with van der Waals surface area (Å²) in [4.78, 5) is 10.8. The summed E-state index contributed by atoms with van der Waals surface area (Å²) >= 11 is 0. The van der Waals surface area contributed by atoms with E-state index in [0.29, 0.717) is 0 Å². The van der Waals surface area contributed by atoms with Crippen LogP contribution in [0.5, 0.6) is 0 Å². The van der Waals surface area contributed by atoms with Crippen molar-refractivity contribution < 1.29 is 49.0 Å². The van der Waals surface area contributed by atoms with Gasteiger partial charge < -0.3 is 4.74 Å². The molecule has 0 aromatic heterocycles. The van der Waals surface area contributed by atoms with Gasteiger partial charge in [-0.05, 0) is 6.92 Å². The molecule has 0 heterocycles. The van der Waals surface area contributed by atoms with Crippen molar-refractivity contribution in [2.24, 2.45) is 5.41 Å². The van der Waals surface area contributed by atoms with E-state index in [4.69, 9.17) is 0 Å². The average molecular weight is 332 g/mol. The van der Waals surface area contributed by atoms with E-state index in [1.165, 1.54) is 0 Å². The number of esters is 1. The van der Waals surface area contributed by atoms with Gasteiger partial charge in [0, 0.05) is 12.0 Å². The predicted molar refractivity (Wildman–Crippen MR) is 51.0 cm³/mol. The zero-order chi connectivity index (χ0) is 17.3. The maximum Gasteiger partial charge on any atom is 0.412 e. The number of carbonyl (C=O) groups excluding carboxylic acids is 1. The Labute approximate surface area is 112 Å². The minimum Gasteiger partial charge on any atom is -0.462 e. The monoisotopic (exact) mass is 332 g/mol. The minimum absolute atomic E-state index is 0.383. The maximum absolute atomic E-state index is 12.5. The molecule has 0 aliphatic carbocycles. The summed E-state index contributed by atoms with van der Waals surface area (Å²) < 4.78 is 116. The van der Waals surface area contributed by atoms with Gasteiger partial charge in [-0.3, -0.25) is 0 Å². The molecule has 0 saturated heterocycles. The minimum atomic E-state index is -6.65. The molecule has 21 heavy (non-hydrogen) atoms. The standard InChI is InChI=1S/C10H9F9O2/c1-5(2)6(20)21-4-3-7(8(11,12)13,9(14,15)16)10(17,18)19/h1,3-4H2,2H3. The molecule has 0 saturated carbocycles. The van der Waals surface area contributed by atoms with Gasteiger partial charge in [-0.2, -0.15) is 39.5 Å². The number of carbonyl (C=O) groups is 1. The number of rotatable bonds is 4. The molecule has 0 bridgehead atoms. The number of hydrogen-bond donors (Lipinski definition) is 0. The fourth-order valence-electron chi connectivity index (χ4n) is 1.33. The van der Waals surface area contributed by atoms with Crippen LogP contribution in [-0.4, -0.2) is 31.1 Å². The van der Waals surface area contributed by atoms with Crippen molar-refractivity contribution in [1.29, 1.82) is 0 Å². The second-order valence-corrected chi connectivity index (χ2v) is 4.06. The zero-order valence-corrected chi connectivity index (χ0v) is 10.3. The molecule has 0 aliphatic rings. The molecule has 0 rings (SSSR count). The summed E-state index contributed by atoms with van der Waals surface area (Å²) in [6.45, 7) is 2.28. The Bertz CT molecular complexity index is 366. The van der Waals surface area contributed by atoms with Crippen LogP contribution >= 0.6 is 0 Å². The van der Waals surface area contributed by atoms with E-state index in [-0.39, 0.29) is 5.57 Å². The van der Waals surface area contributed by atoms with Crippen molar-refractivity contribution in [1.82, 2.24) is 0 Å². The maximum atomic E-state index is 12.5. The van der Waals surface area contributed by atoms with Crippen molar-refractivity contribution in [3.63, 3.8) is 0 Å². The molecule has 0 amide bonds. The number of alkyl halides is 9. The lowest BCUT2D eigenvalue weighted by molar-refractivity contribution is -0.429. The highest BCUT2D eigenvalue weighted by Crippen LogP contribution is 2.61. The SMILES string of the molecule is C=C(C)C(=O)OCCC(C(F)(F)F)(C(F)(F)F)C(F)(F)F. The lowest BCUT2D eigenvalue weighted by Gasteiger charge is -2.38. The summed E-state index contributed by atoms with van der Waals surface area (Å²) in [5, 5.41) is 0. The Morgan fingerprint density at radius 2 is 1.24 bits per heavy atom. The number of halogens is 9. The van der Waals surface area contributed by atoms with Gasteiger partial charge in [0.25, 0.3) is 5.41 Å². The van der Waals surface area contributed by atoms with Crippen LogP contribution in [0.3, 0.4) is 0 Å². The van der Waals surface area contributed by atoms with Crippen LogP contribution < -0.4 is 0 Å². The van der Waals surface area contributed by atoms with E-state index in [2.05, 4.69) is 11.3 Å². The molecule has 0 fully saturated rings.